The van der Waals surface area contributed by atoms with E-state index in [2.05, 4.69) is 0 Å². The zero-order valence-electron chi connectivity index (χ0n) is 11.6. The van der Waals surface area contributed by atoms with Gasteiger partial charge in [-0.25, -0.2) is 9.29 Å². The number of hydrogen-bond donors (Lipinski definition) is 0. The summed E-state index contributed by atoms with van der Waals surface area (Å²) >= 11 is 6.41. The van der Waals surface area contributed by atoms with E-state index in [1.807, 2.05) is 0 Å². The molecule has 2 aliphatic rings. The van der Waals surface area contributed by atoms with Gasteiger partial charge in [0.2, 0.25) is 5.91 Å². The molecule has 6 heteroatoms. The Morgan fingerprint density at radius 3 is 2.76 bits per heavy atom. The topological polar surface area (TPSA) is 46.6 Å². The highest BCUT2D eigenvalue weighted by Gasteiger charge is 2.59. The van der Waals surface area contributed by atoms with E-state index in [0.717, 1.165) is 23.8 Å². The summed E-state index contributed by atoms with van der Waals surface area (Å²) in [4.78, 5) is 24.7. The lowest BCUT2D eigenvalue weighted by Crippen LogP contribution is -2.40. The Morgan fingerprint density at radius 1 is 1.38 bits per heavy atom. The molecule has 0 spiro atoms. The van der Waals surface area contributed by atoms with Crippen LogP contribution in [0.3, 0.4) is 0 Å². The van der Waals surface area contributed by atoms with Crippen molar-refractivity contribution in [1.29, 1.82) is 0 Å². The second kappa shape index (κ2) is 4.98. The Balaban J connectivity index is 2.03. The van der Waals surface area contributed by atoms with Gasteiger partial charge in [0.1, 0.15) is 10.6 Å². The van der Waals surface area contributed by atoms with Crippen molar-refractivity contribution in [3.63, 3.8) is 0 Å². The first-order valence-electron chi connectivity index (χ1n) is 6.90. The van der Waals surface area contributed by atoms with Gasteiger partial charge in [-0.2, -0.15) is 0 Å². The third-order valence-electron chi connectivity index (χ3n) is 4.31. The van der Waals surface area contributed by atoms with E-state index in [9.17, 15) is 14.0 Å². The van der Waals surface area contributed by atoms with Gasteiger partial charge in [0.05, 0.1) is 18.7 Å². The van der Waals surface area contributed by atoms with Crippen LogP contribution < -0.4 is 9.64 Å². The summed E-state index contributed by atoms with van der Waals surface area (Å²) in [5.74, 6) is -1.81. The summed E-state index contributed by atoms with van der Waals surface area (Å²) in [5.41, 5.74) is -0.0553. The summed E-state index contributed by atoms with van der Waals surface area (Å²) in [6, 6.07) is 4.04. The van der Waals surface area contributed by atoms with Crippen LogP contribution in [-0.4, -0.2) is 23.8 Å². The van der Waals surface area contributed by atoms with Crippen LogP contribution in [0.25, 0.3) is 0 Å². The van der Waals surface area contributed by atoms with Crippen LogP contribution in [0.2, 0.25) is 0 Å². The van der Waals surface area contributed by atoms with E-state index < -0.39 is 28.4 Å². The van der Waals surface area contributed by atoms with E-state index in [1.54, 1.807) is 0 Å². The third-order valence-corrected chi connectivity index (χ3v) is 4.92. The number of halogens is 2. The molecule has 4 nitrogen and oxygen atoms in total. The largest absolute Gasteiger partial charge is 0.497 e. The molecule has 2 fully saturated rings. The maximum Gasteiger partial charge on any atom is 0.255 e. The molecule has 0 bridgehead atoms. The fourth-order valence-corrected chi connectivity index (χ4v) is 3.60. The molecule has 2 atom stereocenters. The number of carbonyl (C=O) groups is 2. The zero-order chi connectivity index (χ0) is 15.2. The molecular weight excluding hydrogens is 297 g/mol. The number of alkyl halides is 1. The molecule has 3 rings (SSSR count). The second-order valence-corrected chi connectivity index (χ2v) is 6.13. The fraction of sp³-hybridized carbons (Fsp3) is 0.467. The van der Waals surface area contributed by atoms with Gasteiger partial charge >= 0.3 is 0 Å². The van der Waals surface area contributed by atoms with Crippen LogP contribution in [0.15, 0.2) is 18.2 Å². The SMILES string of the molecule is COc1ccc(N2C(=O)C3CCCCC3(Cl)C2=O)c(F)c1. The maximum absolute atomic E-state index is 14.2. The highest BCUT2D eigenvalue weighted by molar-refractivity contribution is 6.45. The molecule has 1 saturated heterocycles. The Hall–Kier alpha value is -1.62. The van der Waals surface area contributed by atoms with Crippen LogP contribution in [0.4, 0.5) is 10.1 Å². The number of rotatable bonds is 2. The molecule has 0 N–H and O–H groups in total. The van der Waals surface area contributed by atoms with E-state index in [-0.39, 0.29) is 5.69 Å². The van der Waals surface area contributed by atoms with Crippen LogP contribution in [0.1, 0.15) is 25.7 Å². The van der Waals surface area contributed by atoms with Crippen molar-refractivity contribution in [2.24, 2.45) is 5.92 Å². The van der Waals surface area contributed by atoms with Crippen molar-refractivity contribution in [1.82, 2.24) is 0 Å². The Bertz CT molecular complexity index is 621. The minimum atomic E-state index is -1.21. The molecule has 1 saturated carbocycles. The highest BCUT2D eigenvalue weighted by atomic mass is 35.5. The lowest BCUT2D eigenvalue weighted by atomic mass is 9.80. The maximum atomic E-state index is 14.2. The number of fused-ring (bicyclic) bond motifs is 1. The molecule has 0 aromatic heterocycles. The standard InChI is InChI=1S/C15H15ClFNO3/c1-21-9-5-6-12(11(17)8-9)18-13(19)10-4-2-3-7-15(10,16)14(18)20/h5-6,8,10H,2-4,7H2,1H3. The Kier molecular flexibility index (Phi) is 3.40. The Labute approximate surface area is 126 Å². The molecule has 1 aromatic rings. The first kappa shape index (κ1) is 14.3. The van der Waals surface area contributed by atoms with Gasteiger partial charge in [0.25, 0.3) is 5.91 Å². The van der Waals surface area contributed by atoms with E-state index >= 15 is 0 Å². The Morgan fingerprint density at radius 2 is 2.14 bits per heavy atom. The lowest BCUT2D eigenvalue weighted by molar-refractivity contribution is -0.122. The molecule has 2 amide bonds. The molecule has 112 valence electrons. The molecule has 0 radical (unpaired) electrons. The first-order chi connectivity index (χ1) is 9.99. The monoisotopic (exact) mass is 311 g/mol. The molecule has 1 heterocycles. The molecule has 1 aromatic carbocycles. The molecule has 1 aliphatic carbocycles. The average molecular weight is 312 g/mol. The number of anilines is 1. The smallest absolute Gasteiger partial charge is 0.255 e. The van der Waals surface area contributed by atoms with Gasteiger partial charge in [0, 0.05) is 6.07 Å². The number of methoxy groups -OCH3 is 1. The summed E-state index contributed by atoms with van der Waals surface area (Å²) < 4.78 is 19.1. The number of hydrogen-bond acceptors (Lipinski definition) is 3. The molecule has 2 unspecified atom stereocenters. The minimum Gasteiger partial charge on any atom is -0.497 e. The number of nitrogens with zero attached hydrogens (tertiary/aromatic N) is 1. The predicted molar refractivity (Wildman–Crippen MR) is 76.0 cm³/mol. The van der Waals surface area contributed by atoms with Crippen molar-refractivity contribution >= 4 is 29.1 Å². The van der Waals surface area contributed by atoms with Gasteiger partial charge in [0.15, 0.2) is 5.82 Å². The normalized spacial score (nSPS) is 28.7. The van der Waals surface area contributed by atoms with Crippen LogP contribution >= 0.6 is 11.6 Å². The number of ether oxygens (including phenoxy) is 1. The van der Waals surface area contributed by atoms with Gasteiger partial charge in [-0.3, -0.25) is 9.59 Å². The molecule has 21 heavy (non-hydrogen) atoms. The highest BCUT2D eigenvalue weighted by Crippen LogP contribution is 2.47. The molecule has 1 aliphatic heterocycles. The van der Waals surface area contributed by atoms with Crippen molar-refractivity contribution in [3.05, 3.63) is 24.0 Å². The second-order valence-electron chi connectivity index (χ2n) is 5.46. The van der Waals surface area contributed by atoms with E-state index in [4.69, 9.17) is 16.3 Å². The van der Waals surface area contributed by atoms with Gasteiger partial charge in [-0.15, -0.1) is 11.6 Å². The van der Waals surface area contributed by atoms with Crippen LogP contribution in [0, 0.1) is 11.7 Å². The van der Waals surface area contributed by atoms with Crippen molar-refractivity contribution < 1.29 is 18.7 Å². The zero-order valence-corrected chi connectivity index (χ0v) is 12.3. The number of carbonyl (C=O) groups excluding carboxylic acids is 2. The van der Waals surface area contributed by atoms with Crippen molar-refractivity contribution in [3.8, 4) is 5.75 Å². The van der Waals surface area contributed by atoms with Crippen molar-refractivity contribution in [2.75, 3.05) is 12.0 Å². The van der Waals surface area contributed by atoms with Gasteiger partial charge in [-0.05, 0) is 25.0 Å². The van der Waals surface area contributed by atoms with Crippen LogP contribution in [0.5, 0.6) is 5.75 Å². The minimum absolute atomic E-state index is 0.0553. The molecular formula is C15H15ClFNO3. The number of imide groups is 1. The summed E-state index contributed by atoms with van der Waals surface area (Å²) in [7, 11) is 1.42. The van der Waals surface area contributed by atoms with E-state index in [1.165, 1.54) is 19.2 Å². The summed E-state index contributed by atoms with van der Waals surface area (Å²) in [5, 5.41) is 0. The predicted octanol–water partition coefficient (Wildman–Crippen LogP) is 2.88. The van der Waals surface area contributed by atoms with Crippen LogP contribution in [-0.2, 0) is 9.59 Å². The average Bonchev–Trinajstić information content (AvgIpc) is 2.67. The third kappa shape index (κ3) is 2.02. The number of amides is 2. The lowest BCUT2D eigenvalue weighted by Gasteiger charge is -2.28. The van der Waals surface area contributed by atoms with Gasteiger partial charge < -0.3 is 4.74 Å². The summed E-state index contributed by atoms with van der Waals surface area (Å²) in [6.07, 6.45) is 2.69. The van der Waals surface area contributed by atoms with Crippen molar-refractivity contribution in [2.45, 2.75) is 30.6 Å². The summed E-state index contributed by atoms with van der Waals surface area (Å²) in [6.45, 7) is 0. The van der Waals surface area contributed by atoms with E-state index in [0.29, 0.717) is 18.6 Å². The van der Waals surface area contributed by atoms with Gasteiger partial charge in [-0.1, -0.05) is 12.8 Å². The fourth-order valence-electron chi connectivity index (χ4n) is 3.17. The quantitative estimate of drug-likeness (QED) is 0.623. The first-order valence-corrected chi connectivity index (χ1v) is 7.27. The number of benzene rings is 1.